The summed E-state index contributed by atoms with van der Waals surface area (Å²) in [5, 5.41) is 15.0. The van der Waals surface area contributed by atoms with Crippen LogP contribution in [-0.2, 0) is 6.54 Å². The van der Waals surface area contributed by atoms with E-state index in [4.69, 9.17) is 25.2 Å². The van der Waals surface area contributed by atoms with E-state index in [1.807, 2.05) is 48.5 Å². The lowest BCUT2D eigenvalue weighted by Crippen LogP contribution is -2.33. The van der Waals surface area contributed by atoms with E-state index in [-0.39, 0.29) is 6.04 Å². The van der Waals surface area contributed by atoms with Crippen LogP contribution in [0.25, 0.3) is 32.9 Å². The van der Waals surface area contributed by atoms with Crippen LogP contribution < -0.4 is 25.3 Å². The van der Waals surface area contributed by atoms with Crippen LogP contribution in [0.15, 0.2) is 67.1 Å². The lowest BCUT2D eigenvalue weighted by Gasteiger charge is -2.18. The van der Waals surface area contributed by atoms with Crippen molar-refractivity contribution < 1.29 is 14.2 Å². The number of aromatic nitrogens is 3. The maximum Gasteiger partial charge on any atom is 0.162 e. The first-order valence-electron chi connectivity index (χ1n) is 12.9. The second-order valence-electron chi connectivity index (χ2n) is 9.35. The number of ether oxygens (including phenoxy) is 3. The molecule has 0 saturated carbocycles. The Morgan fingerprint density at radius 3 is 2.45 bits per heavy atom. The van der Waals surface area contributed by atoms with Gasteiger partial charge in [0.25, 0.3) is 0 Å². The zero-order valence-corrected chi connectivity index (χ0v) is 22.6. The number of nitrogens with zero attached hydrogens (tertiary/aromatic N) is 4. The molecule has 5 aromatic rings. The molecule has 9 nitrogen and oxygen atoms in total. The largest absolute Gasteiger partial charge is 0.493 e. The molecule has 0 aliphatic heterocycles. The number of pyridine rings is 3. The van der Waals surface area contributed by atoms with Crippen LogP contribution in [0.1, 0.15) is 24.5 Å². The maximum absolute atomic E-state index is 8.99. The summed E-state index contributed by atoms with van der Waals surface area (Å²) < 4.78 is 17.1. The minimum absolute atomic E-state index is 0.138. The van der Waals surface area contributed by atoms with Gasteiger partial charge in [-0.1, -0.05) is 19.1 Å². The molecule has 1 atom stereocenters. The molecule has 202 valence electrons. The summed E-state index contributed by atoms with van der Waals surface area (Å²) >= 11 is 0. The fourth-order valence-electron chi connectivity index (χ4n) is 4.52. The molecule has 0 saturated heterocycles. The topological polar surface area (TPSA) is 128 Å². The Morgan fingerprint density at radius 2 is 1.73 bits per heavy atom. The highest BCUT2D eigenvalue weighted by Crippen LogP contribution is 2.37. The second kappa shape index (κ2) is 11.8. The van der Waals surface area contributed by atoms with Crippen molar-refractivity contribution in [2.75, 3.05) is 26.6 Å². The van der Waals surface area contributed by atoms with E-state index in [1.165, 1.54) is 0 Å². The predicted octanol–water partition coefficient (Wildman–Crippen LogP) is 5.26. The van der Waals surface area contributed by atoms with Gasteiger partial charge in [0, 0.05) is 47.4 Å². The Balaban J connectivity index is 1.37. The quantitative estimate of drug-likeness (QED) is 0.230. The number of hydrogen-bond acceptors (Lipinski definition) is 9. The van der Waals surface area contributed by atoms with E-state index >= 15 is 0 Å². The van der Waals surface area contributed by atoms with Crippen molar-refractivity contribution in [2.24, 2.45) is 0 Å². The number of fused-ring (bicyclic) bond motifs is 3. The molecule has 0 fully saturated rings. The number of benzene rings is 2. The number of nitrogens with one attached hydrogen (secondary N) is 1. The van der Waals surface area contributed by atoms with Crippen LogP contribution in [0.2, 0.25) is 0 Å². The monoisotopic (exact) mass is 534 g/mol. The number of nitrogen functional groups attached to an aromatic ring is 1. The zero-order valence-electron chi connectivity index (χ0n) is 22.6. The molecule has 0 aliphatic rings. The average molecular weight is 535 g/mol. The first-order valence-corrected chi connectivity index (χ1v) is 12.9. The third-order valence-corrected chi connectivity index (χ3v) is 6.84. The Bertz CT molecular complexity index is 1700. The maximum atomic E-state index is 8.99. The molecule has 9 heteroatoms. The van der Waals surface area contributed by atoms with E-state index in [9.17, 15) is 0 Å². The fraction of sp³-hybridized carbons (Fsp3) is 0.226. The van der Waals surface area contributed by atoms with Crippen molar-refractivity contribution in [3.8, 4) is 34.6 Å². The smallest absolute Gasteiger partial charge is 0.162 e. The van der Waals surface area contributed by atoms with Crippen molar-refractivity contribution in [3.05, 3.63) is 78.2 Å². The summed E-state index contributed by atoms with van der Waals surface area (Å²) in [7, 11) is 3.20. The molecule has 0 spiro atoms. The van der Waals surface area contributed by atoms with E-state index in [0.29, 0.717) is 47.5 Å². The summed E-state index contributed by atoms with van der Waals surface area (Å²) in [6.45, 7) is 3.27. The first kappa shape index (κ1) is 26.7. The molecule has 0 aliphatic carbocycles. The molecule has 2 aromatic carbocycles. The van der Waals surface area contributed by atoms with Gasteiger partial charge in [0.15, 0.2) is 11.5 Å². The van der Waals surface area contributed by atoms with Gasteiger partial charge in [-0.3, -0.25) is 9.97 Å². The standard InChI is InChI=1S/C31H30N6O3/c1-4-22(35-14-20-7-5-19(13-32)6-8-20)18-40-23-9-21(15-34-16-23)27-10-24-25-11-29(38-2)30(39-3)12-28(25)36-17-26(24)31(33)37-27/h5-12,15-17,22,35H,4,14,18H2,1-3H3,(H2,33,37)/t22-/m1/s1. The SMILES string of the molecule is CC[C@H](COc1cncc(-c2cc3c(cnc4cc(OC)c(OC)cc43)c(N)n2)c1)NCc1ccc(C#N)cc1. The lowest BCUT2D eigenvalue weighted by atomic mass is 10.0. The Kier molecular flexibility index (Phi) is 7.89. The van der Waals surface area contributed by atoms with Crippen molar-refractivity contribution >= 4 is 27.5 Å². The minimum atomic E-state index is 0.138. The molecule has 0 unspecified atom stereocenters. The van der Waals surface area contributed by atoms with Crippen LogP contribution >= 0.6 is 0 Å². The van der Waals surface area contributed by atoms with E-state index < -0.39 is 0 Å². The van der Waals surface area contributed by atoms with Gasteiger partial charge in [-0.05, 0) is 47.7 Å². The molecule has 40 heavy (non-hydrogen) atoms. The number of anilines is 1. The predicted molar refractivity (Wildman–Crippen MR) is 155 cm³/mol. The molecule has 5 rings (SSSR count). The van der Waals surface area contributed by atoms with Crippen molar-refractivity contribution in [3.63, 3.8) is 0 Å². The Hall–Kier alpha value is -4.94. The van der Waals surface area contributed by atoms with Gasteiger partial charge in [-0.2, -0.15) is 5.26 Å². The van der Waals surface area contributed by atoms with E-state index in [0.717, 1.165) is 39.2 Å². The minimum Gasteiger partial charge on any atom is -0.493 e. The summed E-state index contributed by atoms with van der Waals surface area (Å²) in [4.78, 5) is 13.6. The van der Waals surface area contributed by atoms with Gasteiger partial charge < -0.3 is 25.3 Å². The van der Waals surface area contributed by atoms with Crippen LogP contribution in [0.3, 0.4) is 0 Å². The molecular formula is C31H30N6O3. The Morgan fingerprint density at radius 1 is 0.950 bits per heavy atom. The summed E-state index contributed by atoms with van der Waals surface area (Å²) in [5.74, 6) is 2.23. The normalized spacial score (nSPS) is 11.8. The molecule has 3 heterocycles. The van der Waals surface area contributed by atoms with Crippen LogP contribution in [0.5, 0.6) is 17.2 Å². The highest BCUT2D eigenvalue weighted by molar-refractivity contribution is 6.10. The third kappa shape index (κ3) is 5.58. The molecule has 0 amide bonds. The Labute approximate surface area is 232 Å². The highest BCUT2D eigenvalue weighted by atomic mass is 16.5. The molecule has 0 radical (unpaired) electrons. The number of methoxy groups -OCH3 is 2. The van der Waals surface area contributed by atoms with Crippen LogP contribution in [0.4, 0.5) is 5.82 Å². The van der Waals surface area contributed by atoms with Gasteiger partial charge in [0.2, 0.25) is 0 Å². The van der Waals surface area contributed by atoms with Gasteiger partial charge in [0.05, 0.1) is 43.3 Å². The van der Waals surface area contributed by atoms with E-state index in [1.54, 1.807) is 32.8 Å². The van der Waals surface area contributed by atoms with E-state index in [2.05, 4.69) is 33.3 Å². The van der Waals surface area contributed by atoms with Crippen molar-refractivity contribution in [1.82, 2.24) is 20.3 Å². The number of hydrogen-bond donors (Lipinski definition) is 2. The number of rotatable bonds is 10. The molecule has 3 N–H and O–H groups in total. The lowest BCUT2D eigenvalue weighted by molar-refractivity contribution is 0.258. The van der Waals surface area contributed by atoms with Gasteiger partial charge in [-0.15, -0.1) is 0 Å². The zero-order chi connectivity index (χ0) is 28.1. The van der Waals surface area contributed by atoms with Crippen LogP contribution in [0, 0.1) is 11.3 Å². The number of nitrogens with two attached hydrogens (primary N) is 1. The van der Waals surface area contributed by atoms with Crippen molar-refractivity contribution in [2.45, 2.75) is 25.9 Å². The second-order valence-corrected chi connectivity index (χ2v) is 9.35. The third-order valence-electron chi connectivity index (χ3n) is 6.84. The molecule has 3 aromatic heterocycles. The first-order chi connectivity index (χ1) is 19.5. The molecule has 0 bridgehead atoms. The number of nitriles is 1. The van der Waals surface area contributed by atoms with Crippen molar-refractivity contribution in [1.29, 1.82) is 5.26 Å². The van der Waals surface area contributed by atoms with Gasteiger partial charge >= 0.3 is 0 Å². The highest BCUT2D eigenvalue weighted by Gasteiger charge is 2.14. The fourth-order valence-corrected chi connectivity index (χ4v) is 4.52. The summed E-state index contributed by atoms with van der Waals surface area (Å²) in [6.07, 6.45) is 6.05. The van der Waals surface area contributed by atoms with Gasteiger partial charge in [-0.25, -0.2) is 4.98 Å². The van der Waals surface area contributed by atoms with Gasteiger partial charge in [0.1, 0.15) is 18.2 Å². The van der Waals surface area contributed by atoms with Crippen LogP contribution in [-0.4, -0.2) is 41.8 Å². The molecular weight excluding hydrogens is 504 g/mol. The summed E-state index contributed by atoms with van der Waals surface area (Å²) in [5.41, 5.74) is 10.4. The average Bonchev–Trinajstić information content (AvgIpc) is 3.00. The summed E-state index contributed by atoms with van der Waals surface area (Å²) in [6, 6.07) is 17.5.